The van der Waals surface area contributed by atoms with Crippen LogP contribution in [-0.2, 0) is 0 Å². The number of aryl methyl sites for hydroxylation is 2. The molecule has 6 heteroatoms. The number of carboxylic acid groups (broad SMARTS) is 1. The van der Waals surface area contributed by atoms with Gasteiger partial charge in [-0.25, -0.2) is 13.7 Å². The average Bonchev–Trinajstić information content (AvgIpc) is 3.24. The largest absolute Gasteiger partial charge is 0.478 e. The molecular weight excluding hydrogens is 333 g/mol. The van der Waals surface area contributed by atoms with Crippen LogP contribution in [0.1, 0.15) is 45.9 Å². The molecule has 1 aromatic carbocycles. The summed E-state index contributed by atoms with van der Waals surface area (Å²) in [7, 11) is 0. The molecule has 3 heterocycles. The molecule has 4 rings (SSSR count). The lowest BCUT2D eigenvalue weighted by Gasteiger charge is -2.30. The molecule has 0 bridgehead atoms. The first-order chi connectivity index (χ1) is 12.5. The van der Waals surface area contributed by atoms with Gasteiger partial charge in [0.15, 0.2) is 0 Å². The summed E-state index contributed by atoms with van der Waals surface area (Å²) in [6.45, 7) is 4.78. The zero-order chi connectivity index (χ0) is 18.4. The van der Waals surface area contributed by atoms with Crippen molar-refractivity contribution in [1.82, 2.24) is 9.61 Å². The normalized spacial score (nSPS) is 17.2. The maximum atomic E-state index is 13.8. The quantitative estimate of drug-likeness (QED) is 0.769. The summed E-state index contributed by atoms with van der Waals surface area (Å²) >= 11 is 0. The van der Waals surface area contributed by atoms with Crippen LogP contribution >= 0.6 is 0 Å². The van der Waals surface area contributed by atoms with Crippen molar-refractivity contribution in [3.63, 3.8) is 0 Å². The lowest BCUT2D eigenvalue weighted by Crippen LogP contribution is -2.24. The van der Waals surface area contributed by atoms with Gasteiger partial charge in [0.1, 0.15) is 11.4 Å². The molecule has 1 unspecified atom stereocenters. The van der Waals surface area contributed by atoms with Crippen LogP contribution < -0.4 is 4.90 Å². The Kier molecular flexibility index (Phi) is 3.90. The number of pyridine rings is 1. The SMILES string of the molecule is Cc1ccc(F)cc1C1CCCN1c1ccn2ncc(C(=O)O)c2c1C. The molecule has 5 nitrogen and oxygen atoms in total. The highest BCUT2D eigenvalue weighted by Gasteiger charge is 2.29. The predicted molar refractivity (Wildman–Crippen MR) is 97.3 cm³/mol. The van der Waals surface area contributed by atoms with Crippen LogP contribution in [0, 0.1) is 19.7 Å². The Hall–Kier alpha value is -2.89. The molecule has 1 N–H and O–H groups in total. The topological polar surface area (TPSA) is 57.8 Å². The third-order valence-corrected chi connectivity index (χ3v) is 5.30. The third-order valence-electron chi connectivity index (χ3n) is 5.30. The Labute approximate surface area is 150 Å². The predicted octanol–water partition coefficient (Wildman–Crippen LogP) is 4.13. The lowest BCUT2D eigenvalue weighted by atomic mass is 9.98. The van der Waals surface area contributed by atoms with E-state index in [-0.39, 0.29) is 17.4 Å². The number of hydrogen-bond donors (Lipinski definition) is 1. The number of rotatable bonds is 3. The summed E-state index contributed by atoms with van der Waals surface area (Å²) in [6, 6.07) is 6.97. The second kappa shape index (κ2) is 6.12. The number of benzene rings is 1. The molecule has 1 fully saturated rings. The number of hydrogen-bond acceptors (Lipinski definition) is 3. The Morgan fingerprint density at radius 2 is 2.12 bits per heavy atom. The van der Waals surface area contributed by atoms with E-state index >= 15 is 0 Å². The third kappa shape index (κ3) is 2.53. The molecule has 1 saturated heterocycles. The number of halogens is 1. The molecule has 2 aromatic heterocycles. The minimum absolute atomic E-state index is 0.0862. The molecule has 26 heavy (non-hydrogen) atoms. The van der Waals surface area contributed by atoms with Crippen LogP contribution in [0.15, 0.2) is 36.7 Å². The Bertz CT molecular complexity index is 1010. The molecule has 0 spiro atoms. The van der Waals surface area contributed by atoms with Crippen molar-refractivity contribution in [2.75, 3.05) is 11.4 Å². The van der Waals surface area contributed by atoms with E-state index in [2.05, 4.69) is 10.00 Å². The number of anilines is 1. The Morgan fingerprint density at radius 3 is 2.88 bits per heavy atom. The van der Waals surface area contributed by atoms with Crippen molar-refractivity contribution in [1.29, 1.82) is 0 Å². The molecule has 1 atom stereocenters. The van der Waals surface area contributed by atoms with Gasteiger partial charge in [-0.1, -0.05) is 6.07 Å². The molecule has 1 aliphatic rings. The number of aromatic nitrogens is 2. The smallest absolute Gasteiger partial charge is 0.339 e. The van der Waals surface area contributed by atoms with Crippen molar-refractivity contribution in [2.45, 2.75) is 32.7 Å². The van der Waals surface area contributed by atoms with E-state index in [1.165, 1.54) is 12.3 Å². The van der Waals surface area contributed by atoms with Crippen LogP contribution in [0.2, 0.25) is 0 Å². The maximum absolute atomic E-state index is 13.8. The van der Waals surface area contributed by atoms with Gasteiger partial charge in [0.05, 0.1) is 17.8 Å². The maximum Gasteiger partial charge on any atom is 0.339 e. The van der Waals surface area contributed by atoms with E-state index in [0.717, 1.165) is 41.8 Å². The van der Waals surface area contributed by atoms with Crippen LogP contribution in [0.4, 0.5) is 10.1 Å². The molecule has 3 aromatic rings. The van der Waals surface area contributed by atoms with Gasteiger partial charge >= 0.3 is 5.97 Å². The number of nitrogens with zero attached hydrogens (tertiary/aromatic N) is 3. The average molecular weight is 353 g/mol. The van der Waals surface area contributed by atoms with Gasteiger partial charge in [-0.05, 0) is 61.6 Å². The first-order valence-electron chi connectivity index (χ1n) is 8.70. The van der Waals surface area contributed by atoms with E-state index in [9.17, 15) is 14.3 Å². The fourth-order valence-corrected chi connectivity index (χ4v) is 4.05. The van der Waals surface area contributed by atoms with Gasteiger partial charge in [0.2, 0.25) is 0 Å². The summed E-state index contributed by atoms with van der Waals surface area (Å²) in [5.74, 6) is -1.22. The summed E-state index contributed by atoms with van der Waals surface area (Å²) < 4.78 is 15.4. The number of aromatic carboxylic acids is 1. The second-order valence-electron chi connectivity index (χ2n) is 6.83. The van der Waals surface area contributed by atoms with E-state index in [1.54, 1.807) is 16.8 Å². The van der Waals surface area contributed by atoms with Crippen LogP contribution in [0.5, 0.6) is 0 Å². The molecule has 0 radical (unpaired) electrons. The van der Waals surface area contributed by atoms with Gasteiger partial charge in [-0.2, -0.15) is 5.10 Å². The molecule has 1 aliphatic heterocycles. The fraction of sp³-hybridized carbons (Fsp3) is 0.300. The van der Waals surface area contributed by atoms with Gasteiger partial charge in [0, 0.05) is 18.4 Å². The lowest BCUT2D eigenvalue weighted by molar-refractivity contribution is 0.0699. The van der Waals surface area contributed by atoms with Gasteiger partial charge in [-0.3, -0.25) is 0 Å². The fourth-order valence-electron chi connectivity index (χ4n) is 4.05. The van der Waals surface area contributed by atoms with Crippen LogP contribution in [0.25, 0.3) is 5.52 Å². The van der Waals surface area contributed by atoms with E-state index in [1.807, 2.05) is 26.0 Å². The number of carbonyl (C=O) groups is 1. The summed E-state index contributed by atoms with van der Waals surface area (Å²) in [6.07, 6.45) is 5.13. The Morgan fingerprint density at radius 1 is 1.31 bits per heavy atom. The molecule has 0 amide bonds. The van der Waals surface area contributed by atoms with Gasteiger partial charge in [0.25, 0.3) is 0 Å². The highest BCUT2D eigenvalue weighted by atomic mass is 19.1. The van der Waals surface area contributed by atoms with Gasteiger partial charge in [-0.15, -0.1) is 0 Å². The van der Waals surface area contributed by atoms with E-state index in [4.69, 9.17) is 0 Å². The highest BCUT2D eigenvalue weighted by molar-refractivity contribution is 5.97. The Balaban J connectivity index is 1.83. The minimum Gasteiger partial charge on any atom is -0.478 e. The van der Waals surface area contributed by atoms with Crippen molar-refractivity contribution in [3.8, 4) is 0 Å². The monoisotopic (exact) mass is 353 g/mol. The van der Waals surface area contributed by atoms with E-state index < -0.39 is 5.97 Å². The van der Waals surface area contributed by atoms with Crippen molar-refractivity contribution >= 4 is 17.2 Å². The van der Waals surface area contributed by atoms with Crippen molar-refractivity contribution in [2.24, 2.45) is 0 Å². The number of fused-ring (bicyclic) bond motifs is 1. The van der Waals surface area contributed by atoms with Crippen LogP contribution in [0.3, 0.4) is 0 Å². The molecule has 134 valence electrons. The van der Waals surface area contributed by atoms with E-state index in [0.29, 0.717) is 5.52 Å². The zero-order valence-corrected chi connectivity index (χ0v) is 14.7. The zero-order valence-electron chi connectivity index (χ0n) is 14.7. The standard InChI is InChI=1S/C20H20FN3O2/c1-12-5-6-14(21)10-15(12)18-4-3-8-23(18)17-7-9-24-19(13(17)2)16(11-22-24)20(25)26/h5-7,9-11,18H,3-4,8H2,1-2H3,(H,25,26). The van der Waals surface area contributed by atoms with Crippen LogP contribution in [-0.4, -0.2) is 27.2 Å². The molecule has 0 saturated carbocycles. The molecular formula is C20H20FN3O2. The summed E-state index contributed by atoms with van der Waals surface area (Å²) in [4.78, 5) is 13.8. The second-order valence-corrected chi connectivity index (χ2v) is 6.83. The van der Waals surface area contributed by atoms with Crippen molar-refractivity contribution < 1.29 is 14.3 Å². The molecule has 0 aliphatic carbocycles. The summed E-state index contributed by atoms with van der Waals surface area (Å²) in [5.41, 5.74) is 4.72. The minimum atomic E-state index is -0.987. The summed E-state index contributed by atoms with van der Waals surface area (Å²) in [5, 5.41) is 13.6. The number of carboxylic acids is 1. The van der Waals surface area contributed by atoms with Gasteiger partial charge < -0.3 is 10.0 Å². The first kappa shape index (κ1) is 16.6. The van der Waals surface area contributed by atoms with Crippen molar-refractivity contribution in [3.05, 3.63) is 64.7 Å². The highest BCUT2D eigenvalue weighted by Crippen LogP contribution is 2.40. The first-order valence-corrected chi connectivity index (χ1v) is 8.70.